The largest absolute Gasteiger partial charge is 0.352 e. The molecule has 2 heterocycles. The van der Waals surface area contributed by atoms with E-state index >= 15 is 0 Å². The lowest BCUT2D eigenvalue weighted by molar-refractivity contribution is -0.127. The van der Waals surface area contributed by atoms with Crippen LogP contribution < -0.4 is 15.6 Å². The van der Waals surface area contributed by atoms with E-state index in [9.17, 15) is 9.59 Å². The Morgan fingerprint density at radius 1 is 1.50 bits per heavy atom. The summed E-state index contributed by atoms with van der Waals surface area (Å²) in [5, 5.41) is 12.0. The number of carbonyl (C=O) groups is 2. The number of carbonyl (C=O) groups excluding carboxylic acids is 2. The smallest absolute Gasteiger partial charge is 0.256 e. The molecule has 1 aromatic carbocycles. The van der Waals surface area contributed by atoms with Crippen LogP contribution in [0, 0.1) is 5.92 Å². The van der Waals surface area contributed by atoms with Gasteiger partial charge in [0, 0.05) is 29.2 Å². The predicted molar refractivity (Wildman–Crippen MR) is 96.9 cm³/mol. The molecule has 2 amide bonds. The minimum Gasteiger partial charge on any atom is -0.352 e. The number of benzene rings is 1. The van der Waals surface area contributed by atoms with E-state index in [4.69, 9.17) is 0 Å². The minimum absolute atomic E-state index is 0.0901. The Balaban J connectivity index is 1.63. The molecule has 7 heteroatoms. The number of piperidine rings is 1. The van der Waals surface area contributed by atoms with Crippen LogP contribution in [-0.4, -0.2) is 36.7 Å². The van der Waals surface area contributed by atoms with Gasteiger partial charge < -0.3 is 10.6 Å². The molecule has 0 bridgehead atoms. The molecule has 2 N–H and O–H groups in total. The summed E-state index contributed by atoms with van der Waals surface area (Å²) in [6, 6.07) is 7.57. The average Bonchev–Trinajstić information content (AvgIpc) is 2.84. The van der Waals surface area contributed by atoms with Crippen molar-refractivity contribution in [3.05, 3.63) is 28.7 Å². The molecule has 0 saturated carbocycles. The van der Waals surface area contributed by atoms with Crippen LogP contribution >= 0.6 is 15.9 Å². The first-order valence-electron chi connectivity index (χ1n) is 8.19. The van der Waals surface area contributed by atoms with Crippen molar-refractivity contribution < 1.29 is 9.59 Å². The summed E-state index contributed by atoms with van der Waals surface area (Å²) in [4.78, 5) is 24.9. The maximum absolute atomic E-state index is 12.7. The van der Waals surface area contributed by atoms with Gasteiger partial charge in [-0.1, -0.05) is 22.0 Å². The second-order valence-electron chi connectivity index (χ2n) is 6.24. The summed E-state index contributed by atoms with van der Waals surface area (Å²) >= 11 is 3.40. The number of nitrogens with one attached hydrogen (secondary N) is 2. The Hall–Kier alpha value is -1.73. The molecule has 3 rings (SSSR count). The molecule has 6 nitrogen and oxygen atoms in total. The van der Waals surface area contributed by atoms with E-state index in [1.165, 1.54) is 5.01 Å². The van der Waals surface area contributed by atoms with E-state index in [1.807, 2.05) is 24.3 Å². The Morgan fingerprint density at radius 2 is 2.33 bits per heavy atom. The van der Waals surface area contributed by atoms with Crippen molar-refractivity contribution >= 4 is 39.1 Å². The Kier molecular flexibility index (Phi) is 5.30. The fourth-order valence-corrected chi connectivity index (χ4v) is 3.47. The van der Waals surface area contributed by atoms with E-state index < -0.39 is 5.92 Å². The summed E-state index contributed by atoms with van der Waals surface area (Å²) in [5.41, 5.74) is 1.38. The van der Waals surface area contributed by atoms with Gasteiger partial charge in [0.05, 0.1) is 11.6 Å². The van der Waals surface area contributed by atoms with Gasteiger partial charge in [0.15, 0.2) is 0 Å². The molecule has 1 aromatic rings. The molecule has 0 radical (unpaired) electrons. The summed E-state index contributed by atoms with van der Waals surface area (Å²) in [6.07, 6.45) is 2.19. The molecule has 2 aliphatic heterocycles. The number of amides is 2. The molecule has 24 heavy (non-hydrogen) atoms. The molecule has 0 aliphatic carbocycles. The highest BCUT2D eigenvalue weighted by molar-refractivity contribution is 9.10. The van der Waals surface area contributed by atoms with Crippen LogP contribution in [0.15, 0.2) is 33.8 Å². The fraction of sp³-hybridized carbons (Fsp3) is 0.471. The van der Waals surface area contributed by atoms with E-state index in [-0.39, 0.29) is 24.3 Å². The Labute approximate surface area is 149 Å². The highest BCUT2D eigenvalue weighted by atomic mass is 79.9. The summed E-state index contributed by atoms with van der Waals surface area (Å²) < 4.78 is 0.881. The van der Waals surface area contributed by atoms with Crippen molar-refractivity contribution in [2.75, 3.05) is 18.1 Å². The number of halogens is 1. The van der Waals surface area contributed by atoms with Crippen molar-refractivity contribution in [3.8, 4) is 0 Å². The second kappa shape index (κ2) is 7.44. The van der Waals surface area contributed by atoms with E-state index in [2.05, 4.69) is 31.7 Å². The number of nitrogens with zero attached hydrogens (tertiary/aromatic N) is 2. The monoisotopic (exact) mass is 392 g/mol. The van der Waals surface area contributed by atoms with Crippen molar-refractivity contribution in [1.29, 1.82) is 0 Å². The maximum Gasteiger partial charge on any atom is 0.256 e. The van der Waals surface area contributed by atoms with Crippen LogP contribution in [-0.2, 0) is 9.59 Å². The van der Waals surface area contributed by atoms with E-state index in [0.29, 0.717) is 11.4 Å². The summed E-state index contributed by atoms with van der Waals surface area (Å²) in [6.45, 7) is 3.60. The second-order valence-corrected chi connectivity index (χ2v) is 7.15. The SMILES string of the molecule is CC1=NN(c2cccc(Br)c2)C(=O)C1CC(=O)NC1CCCNC1. The zero-order chi connectivity index (χ0) is 17.1. The predicted octanol–water partition coefficient (Wildman–Crippen LogP) is 2.05. The normalized spacial score (nSPS) is 24.0. The Morgan fingerprint density at radius 3 is 3.04 bits per heavy atom. The zero-order valence-corrected chi connectivity index (χ0v) is 15.2. The first-order valence-corrected chi connectivity index (χ1v) is 8.98. The third-order valence-electron chi connectivity index (χ3n) is 4.37. The number of hydrogen-bond donors (Lipinski definition) is 2. The lowest BCUT2D eigenvalue weighted by atomic mass is 9.99. The van der Waals surface area contributed by atoms with Crippen LogP contribution in [0.1, 0.15) is 26.2 Å². The van der Waals surface area contributed by atoms with Crippen LogP contribution in [0.3, 0.4) is 0 Å². The van der Waals surface area contributed by atoms with Gasteiger partial charge in [0.25, 0.3) is 5.91 Å². The lowest BCUT2D eigenvalue weighted by Gasteiger charge is -2.24. The van der Waals surface area contributed by atoms with Gasteiger partial charge in [-0.2, -0.15) is 5.10 Å². The van der Waals surface area contributed by atoms with E-state index in [0.717, 1.165) is 30.4 Å². The lowest BCUT2D eigenvalue weighted by Crippen LogP contribution is -2.46. The highest BCUT2D eigenvalue weighted by Gasteiger charge is 2.36. The third kappa shape index (κ3) is 3.84. The molecular formula is C17H21BrN4O2. The number of hydrogen-bond acceptors (Lipinski definition) is 4. The Bertz CT molecular complexity index is 670. The first kappa shape index (κ1) is 17.1. The molecule has 128 valence electrons. The van der Waals surface area contributed by atoms with Gasteiger partial charge in [-0.25, -0.2) is 5.01 Å². The highest BCUT2D eigenvalue weighted by Crippen LogP contribution is 2.27. The van der Waals surface area contributed by atoms with Crippen molar-refractivity contribution in [3.63, 3.8) is 0 Å². The van der Waals surface area contributed by atoms with Gasteiger partial charge in [-0.05, 0) is 44.5 Å². The zero-order valence-electron chi connectivity index (χ0n) is 13.6. The number of hydrazone groups is 1. The third-order valence-corrected chi connectivity index (χ3v) is 4.87. The van der Waals surface area contributed by atoms with E-state index in [1.54, 1.807) is 6.92 Å². The number of anilines is 1. The molecule has 0 aromatic heterocycles. The van der Waals surface area contributed by atoms with Crippen molar-refractivity contribution in [2.24, 2.45) is 11.0 Å². The molecular weight excluding hydrogens is 372 g/mol. The van der Waals surface area contributed by atoms with Gasteiger partial charge in [0.2, 0.25) is 5.91 Å². The average molecular weight is 393 g/mol. The first-order chi connectivity index (χ1) is 11.5. The van der Waals surface area contributed by atoms with Gasteiger partial charge >= 0.3 is 0 Å². The summed E-state index contributed by atoms with van der Waals surface area (Å²) in [7, 11) is 0. The summed E-state index contributed by atoms with van der Waals surface area (Å²) in [5.74, 6) is -0.726. The standard InChI is InChI=1S/C17H21BrN4O2/c1-11-15(9-16(23)20-13-5-3-7-19-10-13)17(24)22(21-11)14-6-2-4-12(18)8-14/h2,4,6,8,13,15,19H,3,5,7,9-10H2,1H3,(H,20,23). The van der Waals surface area contributed by atoms with Gasteiger partial charge in [-0.15, -0.1) is 0 Å². The van der Waals surface area contributed by atoms with Crippen molar-refractivity contribution in [1.82, 2.24) is 10.6 Å². The molecule has 2 aliphatic rings. The quantitative estimate of drug-likeness (QED) is 0.823. The molecule has 1 fully saturated rings. The number of rotatable bonds is 4. The van der Waals surface area contributed by atoms with Crippen LogP contribution in [0.5, 0.6) is 0 Å². The molecule has 1 saturated heterocycles. The maximum atomic E-state index is 12.7. The molecule has 0 spiro atoms. The topological polar surface area (TPSA) is 73.8 Å². The van der Waals surface area contributed by atoms with Crippen molar-refractivity contribution in [2.45, 2.75) is 32.2 Å². The minimum atomic E-state index is -0.486. The molecule has 2 unspecified atom stereocenters. The van der Waals surface area contributed by atoms with Gasteiger partial charge in [-0.3, -0.25) is 9.59 Å². The molecule has 2 atom stereocenters. The van der Waals surface area contributed by atoms with Crippen LogP contribution in [0.25, 0.3) is 0 Å². The fourth-order valence-electron chi connectivity index (χ4n) is 3.08. The van der Waals surface area contributed by atoms with Crippen LogP contribution in [0.4, 0.5) is 5.69 Å². The van der Waals surface area contributed by atoms with Gasteiger partial charge in [0.1, 0.15) is 0 Å². The van der Waals surface area contributed by atoms with Crippen LogP contribution in [0.2, 0.25) is 0 Å².